The second-order valence-corrected chi connectivity index (χ2v) is 13.1. The third-order valence-corrected chi connectivity index (χ3v) is 11.5. The van der Waals surface area contributed by atoms with Crippen molar-refractivity contribution in [1.82, 2.24) is 5.32 Å². The number of hydrogen-bond acceptors (Lipinski definition) is 4. The first-order valence-electron chi connectivity index (χ1n) is 14.0. The van der Waals surface area contributed by atoms with E-state index in [0.29, 0.717) is 54.1 Å². The van der Waals surface area contributed by atoms with Gasteiger partial charge in [-0.05, 0) is 110 Å². The predicted molar refractivity (Wildman–Crippen MR) is 128 cm³/mol. The van der Waals surface area contributed by atoms with Gasteiger partial charge in [-0.1, -0.05) is 34.1 Å². The van der Waals surface area contributed by atoms with Crippen LogP contribution in [0.5, 0.6) is 0 Å². The van der Waals surface area contributed by atoms with Crippen molar-refractivity contribution in [1.29, 1.82) is 0 Å². The highest BCUT2D eigenvalue weighted by molar-refractivity contribution is 5.67. The van der Waals surface area contributed by atoms with Crippen molar-refractivity contribution in [2.75, 3.05) is 6.61 Å². The van der Waals surface area contributed by atoms with Gasteiger partial charge >= 0.3 is 6.09 Å². The molecule has 5 nitrogen and oxygen atoms in total. The molecule has 5 heteroatoms. The third-order valence-electron chi connectivity index (χ3n) is 11.5. The van der Waals surface area contributed by atoms with Gasteiger partial charge in [0.1, 0.15) is 0 Å². The van der Waals surface area contributed by atoms with E-state index in [0.717, 1.165) is 38.5 Å². The Morgan fingerprint density at radius 3 is 2.39 bits per heavy atom. The van der Waals surface area contributed by atoms with Crippen molar-refractivity contribution in [2.45, 2.75) is 110 Å². The molecule has 0 aromatic carbocycles. The standard InChI is InChI=1S/C28H47NO4/c1-5-19-23-14-18(30)10-12-28(23,4)22-11-13-27(3)20(8-9-21(27)24(22)25(19)31)16(2)15-33-26(32)29-17-6-7-17/h16-25,30-31H,5-15H2,1-4H3,(H,29,32)/t16-,18-,19-,20-,21+,22+,23+,24+,25-,27-,28-/m1/s1. The minimum atomic E-state index is -0.250. The van der Waals surface area contributed by atoms with E-state index in [9.17, 15) is 15.0 Å². The molecule has 1 amide bonds. The number of nitrogens with one attached hydrogen (secondary N) is 1. The van der Waals surface area contributed by atoms with Gasteiger partial charge in [0, 0.05) is 6.04 Å². The van der Waals surface area contributed by atoms with E-state index in [1.165, 1.54) is 25.7 Å². The van der Waals surface area contributed by atoms with E-state index in [2.05, 4.69) is 33.0 Å². The van der Waals surface area contributed by atoms with Crippen molar-refractivity contribution in [3.8, 4) is 0 Å². The maximum absolute atomic E-state index is 12.1. The first-order chi connectivity index (χ1) is 15.7. The Kier molecular flexibility index (Phi) is 6.30. The number of rotatable bonds is 5. The van der Waals surface area contributed by atoms with E-state index in [4.69, 9.17) is 4.74 Å². The van der Waals surface area contributed by atoms with Gasteiger partial charge < -0.3 is 20.3 Å². The number of aliphatic hydroxyl groups excluding tert-OH is 2. The number of amides is 1. The van der Waals surface area contributed by atoms with Crippen molar-refractivity contribution >= 4 is 6.09 Å². The summed E-state index contributed by atoms with van der Waals surface area (Å²) in [5.74, 6) is 3.14. The highest BCUT2D eigenvalue weighted by atomic mass is 16.5. The van der Waals surface area contributed by atoms with Crippen LogP contribution in [0.15, 0.2) is 0 Å². The number of ether oxygens (including phenoxy) is 1. The van der Waals surface area contributed by atoms with Crippen LogP contribution >= 0.6 is 0 Å². The molecular weight excluding hydrogens is 414 g/mol. The SMILES string of the molecule is CC[C@H]1[C@@H](O)[C@@H]2[C@H](CC[C@]3(C)[C@@H]([C@H](C)COC(=O)NC4CC4)CC[C@@H]23)[C@@]2(C)CC[C@@H](O)C[C@@H]12. The summed E-state index contributed by atoms with van der Waals surface area (Å²) in [6, 6.07) is 0.335. The molecule has 0 heterocycles. The molecule has 188 valence electrons. The van der Waals surface area contributed by atoms with Crippen LogP contribution in [0.3, 0.4) is 0 Å². The Balaban J connectivity index is 1.33. The van der Waals surface area contributed by atoms with Crippen molar-refractivity contribution in [3.63, 3.8) is 0 Å². The van der Waals surface area contributed by atoms with Gasteiger partial charge in [-0.25, -0.2) is 4.79 Å². The van der Waals surface area contributed by atoms with Crippen LogP contribution < -0.4 is 5.32 Å². The molecular formula is C28H47NO4. The van der Waals surface area contributed by atoms with Gasteiger partial charge in [0.2, 0.25) is 0 Å². The van der Waals surface area contributed by atoms with Gasteiger partial charge in [-0.3, -0.25) is 0 Å². The molecule has 0 aromatic heterocycles. The van der Waals surface area contributed by atoms with Crippen LogP contribution in [0.1, 0.15) is 91.9 Å². The summed E-state index contributed by atoms with van der Waals surface area (Å²) in [4.78, 5) is 12.1. The molecule has 0 aromatic rings. The second kappa shape index (κ2) is 8.69. The zero-order valence-corrected chi connectivity index (χ0v) is 21.3. The molecule has 5 rings (SSSR count). The lowest BCUT2D eigenvalue weighted by atomic mass is 9.41. The summed E-state index contributed by atoms with van der Waals surface area (Å²) in [6.45, 7) is 9.98. The average Bonchev–Trinajstić information content (AvgIpc) is 3.52. The zero-order valence-electron chi connectivity index (χ0n) is 21.3. The molecule has 0 aliphatic heterocycles. The number of hydrogen-bond donors (Lipinski definition) is 3. The predicted octanol–water partition coefficient (Wildman–Crippen LogP) is 5.14. The fraction of sp³-hybridized carbons (Fsp3) is 0.964. The molecule has 0 radical (unpaired) electrons. The quantitative estimate of drug-likeness (QED) is 0.530. The highest BCUT2D eigenvalue weighted by Gasteiger charge is 2.64. The van der Waals surface area contributed by atoms with E-state index in [1.54, 1.807) is 0 Å². The second-order valence-electron chi connectivity index (χ2n) is 13.1. The average molecular weight is 462 g/mol. The number of alkyl carbamates (subject to hydrolysis) is 1. The van der Waals surface area contributed by atoms with E-state index >= 15 is 0 Å². The molecule has 5 aliphatic rings. The van der Waals surface area contributed by atoms with Crippen LogP contribution in [0, 0.1) is 52.3 Å². The number of carbonyl (C=O) groups excluding carboxylic acids is 1. The molecule has 5 saturated carbocycles. The van der Waals surface area contributed by atoms with Gasteiger partial charge in [0.25, 0.3) is 0 Å². The van der Waals surface area contributed by atoms with Crippen LogP contribution in [-0.4, -0.2) is 41.2 Å². The Morgan fingerprint density at radius 2 is 1.70 bits per heavy atom. The molecule has 0 bridgehead atoms. The zero-order chi connectivity index (χ0) is 23.5. The lowest BCUT2D eigenvalue weighted by molar-refractivity contribution is -0.203. The summed E-state index contributed by atoms with van der Waals surface area (Å²) in [5.41, 5.74) is 0.465. The molecule has 0 saturated heterocycles. The van der Waals surface area contributed by atoms with Crippen LogP contribution in [0.4, 0.5) is 4.79 Å². The number of aliphatic hydroxyl groups is 2. The minimum Gasteiger partial charge on any atom is -0.449 e. The summed E-state index contributed by atoms with van der Waals surface area (Å²) >= 11 is 0. The first-order valence-corrected chi connectivity index (χ1v) is 14.0. The minimum absolute atomic E-state index is 0.191. The van der Waals surface area contributed by atoms with Crippen LogP contribution in [-0.2, 0) is 4.74 Å². The van der Waals surface area contributed by atoms with Crippen LogP contribution in [0.25, 0.3) is 0 Å². The Labute approximate surface area is 200 Å². The largest absolute Gasteiger partial charge is 0.449 e. The van der Waals surface area contributed by atoms with Crippen molar-refractivity contribution in [3.05, 3.63) is 0 Å². The molecule has 0 unspecified atom stereocenters. The Bertz CT molecular complexity index is 739. The summed E-state index contributed by atoms with van der Waals surface area (Å²) < 4.78 is 5.63. The lowest BCUT2D eigenvalue weighted by Crippen LogP contribution is -2.62. The molecule has 11 atom stereocenters. The Morgan fingerprint density at radius 1 is 1.00 bits per heavy atom. The van der Waals surface area contributed by atoms with Gasteiger partial charge in [-0.2, -0.15) is 0 Å². The first kappa shape index (κ1) is 23.9. The number of fused-ring (bicyclic) bond motifs is 5. The van der Waals surface area contributed by atoms with E-state index < -0.39 is 0 Å². The maximum atomic E-state index is 12.1. The summed E-state index contributed by atoms with van der Waals surface area (Å²) in [5, 5.41) is 25.2. The third kappa shape index (κ3) is 3.93. The summed E-state index contributed by atoms with van der Waals surface area (Å²) in [6.07, 6.45) is 10.2. The van der Waals surface area contributed by atoms with Crippen LogP contribution in [0.2, 0.25) is 0 Å². The van der Waals surface area contributed by atoms with E-state index in [1.807, 2.05) is 0 Å². The highest BCUT2D eigenvalue weighted by Crippen LogP contribution is 2.69. The fourth-order valence-electron chi connectivity index (χ4n) is 9.69. The smallest absolute Gasteiger partial charge is 0.407 e. The van der Waals surface area contributed by atoms with Gasteiger partial charge in [-0.15, -0.1) is 0 Å². The van der Waals surface area contributed by atoms with Gasteiger partial charge in [0.15, 0.2) is 0 Å². The lowest BCUT2D eigenvalue weighted by Gasteiger charge is -2.64. The molecule has 0 spiro atoms. The van der Waals surface area contributed by atoms with Gasteiger partial charge in [0.05, 0.1) is 18.8 Å². The Hall–Kier alpha value is -0.810. The summed E-state index contributed by atoms with van der Waals surface area (Å²) in [7, 11) is 0. The topological polar surface area (TPSA) is 78.8 Å². The van der Waals surface area contributed by atoms with E-state index in [-0.39, 0.29) is 29.1 Å². The maximum Gasteiger partial charge on any atom is 0.407 e. The monoisotopic (exact) mass is 461 g/mol. The molecule has 3 N–H and O–H groups in total. The number of carbonyl (C=O) groups is 1. The fourth-order valence-corrected chi connectivity index (χ4v) is 9.69. The normalized spacial score (nSPS) is 50.0. The van der Waals surface area contributed by atoms with Crippen molar-refractivity contribution < 1.29 is 19.7 Å². The molecule has 33 heavy (non-hydrogen) atoms. The molecule has 5 fully saturated rings. The van der Waals surface area contributed by atoms with Crippen molar-refractivity contribution in [2.24, 2.45) is 52.3 Å². The molecule has 5 aliphatic carbocycles.